The number of ether oxygens (including phenoxy) is 1. The van der Waals surface area contributed by atoms with Crippen molar-refractivity contribution in [2.24, 2.45) is 0 Å². The third-order valence-electron chi connectivity index (χ3n) is 16.5. The first kappa shape index (κ1) is 47.6. The van der Waals surface area contributed by atoms with Crippen LogP contribution in [0.2, 0.25) is 0 Å². The van der Waals surface area contributed by atoms with Crippen molar-refractivity contribution in [1.82, 2.24) is 0 Å². The zero-order valence-corrected chi connectivity index (χ0v) is 45.2. The first-order valence-electron chi connectivity index (χ1n) is 27.8. The number of hydrogen-bond acceptors (Lipinski definition) is 7. The molecule has 0 saturated carbocycles. The number of anilines is 12. The molecule has 6 nitrogen and oxygen atoms in total. The first-order valence-corrected chi connectivity index (χ1v) is 28.6. The molecule has 4 aliphatic rings. The molecule has 0 atom stereocenters. The summed E-state index contributed by atoms with van der Waals surface area (Å²) in [6, 6.07) is 105. The maximum atomic E-state index is 10.3. The normalized spacial score (nSPS) is 12.8. The minimum atomic E-state index is -0.221. The van der Waals surface area contributed by atoms with Crippen molar-refractivity contribution >= 4 is 126 Å². The first-order chi connectivity index (χ1) is 40.7. The second kappa shape index (κ2) is 19.5. The van der Waals surface area contributed by atoms with Crippen LogP contribution in [0.3, 0.4) is 0 Å². The molecule has 0 aliphatic carbocycles. The van der Waals surface area contributed by atoms with Crippen LogP contribution in [0.4, 0.5) is 68.2 Å². The molecule has 9 heteroatoms. The summed E-state index contributed by atoms with van der Waals surface area (Å²) in [5.74, 6) is 1.61. The highest BCUT2D eigenvalue weighted by Crippen LogP contribution is 2.52. The molecule has 0 radical (unpaired) electrons. The molecule has 0 saturated heterocycles. The van der Waals surface area contributed by atoms with Gasteiger partial charge in [0.2, 0.25) is 6.71 Å². The summed E-state index contributed by atoms with van der Waals surface area (Å²) in [5.41, 5.74) is 22.5. The largest absolute Gasteiger partial charge is 0.458 e. The summed E-state index contributed by atoms with van der Waals surface area (Å²) < 4.78 is 7.86. The van der Waals surface area contributed by atoms with Gasteiger partial charge in [0.25, 0.3) is 6.71 Å². The average molecular weight is 1060 g/mol. The Hall–Kier alpha value is -10.4. The standard InChI is InChI=1S/C73H47B2N5OS/c76-48-49-39-41-50(42-40-49)69-72-61(74-59-35-19-21-37-63(59)79(55-31-15-5-16-32-55)65-43-57(45-67(81-72)70(65)74)77(51-23-7-1-8-24-51)52-25-9-2-10-26-52)47-62-73(69)82-68-46-58(78(53-27-11-3-12-28-53)54-29-13-4-14-30-54)44-66-71(68)75(62)60-36-20-22-38-64(60)80(66)56-33-17-6-18-34-56/h1-47H. The molecular formula is C73H47B2N5OS. The smallest absolute Gasteiger partial charge is 0.256 e. The molecule has 82 heavy (non-hydrogen) atoms. The SMILES string of the molecule is N#Cc1ccc(-c2c3c(cc4c2Sc2cc(N(c5ccccc5)c5ccccc5)cc5c2B4c2ccccc2N5c2ccccc2)B2c4ccccc4N(c4ccccc4)c4cc(N(c5ccccc5)c5ccccc5)cc(c42)O3)cc1. The summed E-state index contributed by atoms with van der Waals surface area (Å²) in [5, 5.41) is 10.3. The van der Waals surface area contributed by atoms with E-state index in [1.807, 2.05) is 23.9 Å². The van der Waals surface area contributed by atoms with Crippen molar-refractivity contribution in [3.05, 3.63) is 291 Å². The number of para-hydroxylation sites is 8. The van der Waals surface area contributed by atoms with Crippen molar-refractivity contribution in [1.29, 1.82) is 5.26 Å². The van der Waals surface area contributed by atoms with E-state index in [-0.39, 0.29) is 13.4 Å². The zero-order chi connectivity index (χ0) is 54.3. The molecule has 16 rings (SSSR count). The lowest BCUT2D eigenvalue weighted by Crippen LogP contribution is -2.63. The van der Waals surface area contributed by atoms with Gasteiger partial charge in [-0.2, -0.15) is 5.26 Å². The number of nitriles is 1. The molecule has 0 spiro atoms. The van der Waals surface area contributed by atoms with Crippen LogP contribution < -0.4 is 57.1 Å². The van der Waals surface area contributed by atoms with Gasteiger partial charge in [-0.3, -0.25) is 0 Å². The second-order valence-electron chi connectivity index (χ2n) is 21.1. The molecule has 12 aromatic rings. The fourth-order valence-electron chi connectivity index (χ4n) is 13.1. The highest BCUT2D eigenvalue weighted by molar-refractivity contribution is 8.00. The Morgan fingerprint density at radius 2 is 0.805 bits per heavy atom. The Labute approximate surface area is 482 Å². The van der Waals surface area contributed by atoms with Gasteiger partial charge in [0.05, 0.1) is 17.3 Å². The van der Waals surface area contributed by atoms with Gasteiger partial charge in [0.1, 0.15) is 11.5 Å². The molecule has 0 amide bonds. The summed E-state index contributed by atoms with van der Waals surface area (Å²) in [6.07, 6.45) is 0. The number of fused-ring (bicyclic) bond motifs is 8. The molecule has 0 fully saturated rings. The van der Waals surface area contributed by atoms with Gasteiger partial charge in [-0.15, -0.1) is 0 Å². The molecule has 0 unspecified atom stereocenters. The Kier molecular flexibility index (Phi) is 11.3. The van der Waals surface area contributed by atoms with Gasteiger partial charge in [0.15, 0.2) is 0 Å². The molecule has 0 aromatic heterocycles. The van der Waals surface area contributed by atoms with Crippen molar-refractivity contribution in [3.8, 4) is 28.7 Å². The minimum absolute atomic E-state index is 0.163. The van der Waals surface area contributed by atoms with Gasteiger partial charge in [-0.25, -0.2) is 0 Å². The third-order valence-corrected chi connectivity index (χ3v) is 17.7. The van der Waals surface area contributed by atoms with Crippen molar-refractivity contribution < 1.29 is 4.74 Å². The number of nitrogens with zero attached hydrogens (tertiary/aromatic N) is 5. The molecule has 382 valence electrons. The van der Waals surface area contributed by atoms with E-state index in [1.54, 1.807) is 0 Å². The zero-order valence-electron chi connectivity index (χ0n) is 44.3. The van der Waals surface area contributed by atoms with E-state index >= 15 is 0 Å². The summed E-state index contributed by atoms with van der Waals surface area (Å²) in [4.78, 5) is 11.9. The van der Waals surface area contributed by atoms with Crippen LogP contribution in [0.15, 0.2) is 295 Å². The van der Waals surface area contributed by atoms with Crippen LogP contribution >= 0.6 is 11.8 Å². The predicted molar refractivity (Wildman–Crippen MR) is 342 cm³/mol. The Morgan fingerprint density at radius 1 is 0.378 bits per heavy atom. The van der Waals surface area contributed by atoms with Crippen LogP contribution in [0.1, 0.15) is 5.56 Å². The molecule has 4 aliphatic heterocycles. The fraction of sp³-hybridized carbons (Fsp3) is 0. The lowest BCUT2D eigenvalue weighted by molar-refractivity contribution is 0.488. The Balaban J connectivity index is 0.997. The van der Waals surface area contributed by atoms with Gasteiger partial charge in [-0.1, -0.05) is 181 Å². The van der Waals surface area contributed by atoms with E-state index < -0.39 is 0 Å². The molecule has 12 aromatic carbocycles. The second-order valence-corrected chi connectivity index (χ2v) is 22.1. The van der Waals surface area contributed by atoms with E-state index in [9.17, 15) is 5.26 Å². The molecule has 0 N–H and O–H groups in total. The third kappa shape index (κ3) is 7.60. The van der Waals surface area contributed by atoms with Crippen LogP contribution in [0.25, 0.3) is 11.1 Å². The lowest BCUT2D eigenvalue weighted by atomic mass is 9.31. The molecule has 0 bridgehead atoms. The Morgan fingerprint density at radius 3 is 1.29 bits per heavy atom. The van der Waals surface area contributed by atoms with Gasteiger partial charge in [-0.05, 0) is 148 Å². The average Bonchev–Trinajstić information content (AvgIpc) is 3.59. The monoisotopic (exact) mass is 1060 g/mol. The molecular weight excluding hydrogens is 1020 g/mol. The summed E-state index contributed by atoms with van der Waals surface area (Å²) >= 11 is 1.83. The highest BCUT2D eigenvalue weighted by atomic mass is 32.2. The van der Waals surface area contributed by atoms with Crippen LogP contribution in [0.5, 0.6) is 11.5 Å². The van der Waals surface area contributed by atoms with Crippen LogP contribution in [-0.4, -0.2) is 13.4 Å². The van der Waals surface area contributed by atoms with Crippen LogP contribution in [0, 0.1) is 11.3 Å². The number of benzene rings is 12. The maximum Gasteiger partial charge on any atom is 0.256 e. The maximum absolute atomic E-state index is 10.3. The van der Waals surface area contributed by atoms with E-state index in [0.717, 1.165) is 112 Å². The van der Waals surface area contributed by atoms with E-state index in [4.69, 9.17) is 4.74 Å². The Bertz CT molecular complexity index is 4160. The number of rotatable bonds is 9. The van der Waals surface area contributed by atoms with Gasteiger partial charge < -0.3 is 24.3 Å². The predicted octanol–water partition coefficient (Wildman–Crippen LogP) is 15.3. The van der Waals surface area contributed by atoms with E-state index in [2.05, 4.69) is 299 Å². The van der Waals surface area contributed by atoms with Crippen LogP contribution in [-0.2, 0) is 0 Å². The van der Waals surface area contributed by atoms with E-state index in [1.165, 1.54) is 21.9 Å². The van der Waals surface area contributed by atoms with Gasteiger partial charge in [0, 0.05) is 84.0 Å². The molecule has 4 heterocycles. The minimum Gasteiger partial charge on any atom is -0.458 e. The highest BCUT2D eigenvalue weighted by Gasteiger charge is 2.48. The van der Waals surface area contributed by atoms with Crippen molar-refractivity contribution in [2.75, 3.05) is 19.6 Å². The van der Waals surface area contributed by atoms with Crippen molar-refractivity contribution in [2.45, 2.75) is 9.79 Å². The fourth-order valence-corrected chi connectivity index (χ4v) is 14.4. The van der Waals surface area contributed by atoms with Gasteiger partial charge >= 0.3 is 0 Å². The van der Waals surface area contributed by atoms with E-state index in [0.29, 0.717) is 5.56 Å². The summed E-state index contributed by atoms with van der Waals surface area (Å²) in [7, 11) is 0. The quantitative estimate of drug-likeness (QED) is 0.133. The number of hydrogen-bond donors (Lipinski definition) is 0. The topological polar surface area (TPSA) is 46.0 Å². The van der Waals surface area contributed by atoms with Crippen molar-refractivity contribution in [3.63, 3.8) is 0 Å². The lowest BCUT2D eigenvalue weighted by Gasteiger charge is -2.44. The summed E-state index contributed by atoms with van der Waals surface area (Å²) in [6.45, 7) is -0.384.